The Hall–Kier alpha value is -3.35. The van der Waals surface area contributed by atoms with Crippen molar-refractivity contribution in [3.63, 3.8) is 0 Å². The van der Waals surface area contributed by atoms with Gasteiger partial charge >= 0.3 is 5.97 Å². The number of non-ortho nitro benzene ring substituents is 1. The summed E-state index contributed by atoms with van der Waals surface area (Å²) in [4.78, 5) is 22.1. The van der Waals surface area contributed by atoms with Gasteiger partial charge in [0, 0.05) is 17.5 Å². The molecule has 1 aromatic heterocycles. The fourth-order valence-corrected chi connectivity index (χ4v) is 2.53. The molecule has 0 N–H and O–H groups in total. The molecule has 7 heteroatoms. The number of benzene rings is 2. The largest absolute Gasteiger partial charge is 0.489 e. The number of nitro groups is 1. The first-order valence-corrected chi connectivity index (χ1v) is 7.47. The molecule has 0 saturated heterocycles. The third kappa shape index (κ3) is 3.30. The lowest BCUT2D eigenvalue weighted by Crippen LogP contribution is -2.02. The minimum Gasteiger partial charge on any atom is -0.489 e. The van der Waals surface area contributed by atoms with Gasteiger partial charge in [0.15, 0.2) is 0 Å². The van der Waals surface area contributed by atoms with Crippen LogP contribution in [0.1, 0.15) is 21.7 Å². The SMILES string of the molecule is COC(=O)c1c(C)oc2ccc(OCc3ccc([N+](=O)[O-])cc3)cc12. The van der Waals surface area contributed by atoms with Crippen LogP contribution in [0, 0.1) is 17.0 Å². The van der Waals surface area contributed by atoms with E-state index in [0.717, 1.165) is 5.56 Å². The highest BCUT2D eigenvalue weighted by Gasteiger charge is 2.19. The molecular formula is C18H15NO6. The van der Waals surface area contributed by atoms with E-state index in [1.54, 1.807) is 37.3 Å². The van der Waals surface area contributed by atoms with Crippen molar-refractivity contribution in [2.45, 2.75) is 13.5 Å². The van der Waals surface area contributed by atoms with Gasteiger partial charge in [0.05, 0.1) is 12.0 Å². The molecule has 0 aliphatic heterocycles. The van der Waals surface area contributed by atoms with Gasteiger partial charge in [-0.3, -0.25) is 10.1 Å². The lowest BCUT2D eigenvalue weighted by Gasteiger charge is -2.06. The molecule has 7 nitrogen and oxygen atoms in total. The normalized spacial score (nSPS) is 10.6. The van der Waals surface area contributed by atoms with Crippen LogP contribution >= 0.6 is 0 Å². The predicted octanol–water partition coefficient (Wildman–Crippen LogP) is 4.02. The van der Waals surface area contributed by atoms with E-state index in [-0.39, 0.29) is 12.3 Å². The first-order chi connectivity index (χ1) is 12.0. The molecular weight excluding hydrogens is 326 g/mol. The monoisotopic (exact) mass is 341 g/mol. The summed E-state index contributed by atoms with van der Waals surface area (Å²) in [6.45, 7) is 1.94. The van der Waals surface area contributed by atoms with Crippen LogP contribution < -0.4 is 4.74 Å². The number of ether oxygens (including phenoxy) is 2. The second-order valence-corrected chi connectivity index (χ2v) is 5.40. The Morgan fingerprint density at radius 1 is 1.20 bits per heavy atom. The molecule has 0 aliphatic carbocycles. The molecule has 0 radical (unpaired) electrons. The quantitative estimate of drug-likeness (QED) is 0.395. The number of nitrogens with zero attached hydrogens (tertiary/aromatic N) is 1. The van der Waals surface area contributed by atoms with Crippen LogP contribution in [-0.2, 0) is 11.3 Å². The van der Waals surface area contributed by atoms with E-state index in [9.17, 15) is 14.9 Å². The Kier molecular flexibility index (Phi) is 4.38. The van der Waals surface area contributed by atoms with Crippen LogP contribution in [0.2, 0.25) is 0 Å². The van der Waals surface area contributed by atoms with E-state index < -0.39 is 10.9 Å². The number of hydrogen-bond acceptors (Lipinski definition) is 6. The zero-order valence-electron chi connectivity index (χ0n) is 13.6. The number of aryl methyl sites for hydroxylation is 1. The van der Waals surface area contributed by atoms with Crippen molar-refractivity contribution in [3.8, 4) is 5.75 Å². The number of nitro benzene ring substituents is 1. The minimum atomic E-state index is -0.469. The molecule has 0 atom stereocenters. The third-order valence-electron chi connectivity index (χ3n) is 3.78. The molecule has 0 unspecified atom stereocenters. The molecule has 2 aromatic carbocycles. The Bertz CT molecular complexity index is 942. The average molecular weight is 341 g/mol. The molecule has 0 spiro atoms. The van der Waals surface area contributed by atoms with Crippen LogP contribution in [0.15, 0.2) is 46.9 Å². The van der Waals surface area contributed by atoms with Crippen LogP contribution in [0.3, 0.4) is 0 Å². The fourth-order valence-electron chi connectivity index (χ4n) is 2.53. The maximum atomic E-state index is 11.9. The topological polar surface area (TPSA) is 91.8 Å². The maximum absolute atomic E-state index is 11.9. The number of carbonyl (C=O) groups is 1. The highest BCUT2D eigenvalue weighted by Crippen LogP contribution is 2.30. The molecule has 0 fully saturated rings. The summed E-state index contributed by atoms with van der Waals surface area (Å²) in [6.07, 6.45) is 0. The number of furan rings is 1. The van der Waals surface area contributed by atoms with Crippen molar-refractivity contribution >= 4 is 22.6 Å². The molecule has 0 bridgehead atoms. The lowest BCUT2D eigenvalue weighted by atomic mass is 10.1. The van der Waals surface area contributed by atoms with Crippen LogP contribution in [0.5, 0.6) is 5.75 Å². The van der Waals surface area contributed by atoms with Crippen LogP contribution in [-0.4, -0.2) is 18.0 Å². The number of methoxy groups -OCH3 is 1. The standard InChI is InChI=1S/C18H15NO6/c1-11-17(18(20)23-2)15-9-14(7-8-16(15)25-11)24-10-12-3-5-13(6-4-12)19(21)22/h3-9H,10H2,1-2H3. The van der Waals surface area contributed by atoms with E-state index in [4.69, 9.17) is 13.9 Å². The van der Waals surface area contributed by atoms with Crippen molar-refractivity contribution in [2.75, 3.05) is 7.11 Å². The summed E-state index contributed by atoms with van der Waals surface area (Å²) in [7, 11) is 1.32. The van der Waals surface area contributed by atoms with Crippen molar-refractivity contribution < 1.29 is 23.6 Å². The zero-order chi connectivity index (χ0) is 18.0. The van der Waals surface area contributed by atoms with Gasteiger partial charge in [0.2, 0.25) is 0 Å². The van der Waals surface area contributed by atoms with Crippen molar-refractivity contribution in [2.24, 2.45) is 0 Å². The summed E-state index contributed by atoms with van der Waals surface area (Å²) < 4.78 is 16.1. The van der Waals surface area contributed by atoms with Gasteiger partial charge in [-0.15, -0.1) is 0 Å². The predicted molar refractivity (Wildman–Crippen MR) is 89.7 cm³/mol. The number of carbonyl (C=O) groups excluding carboxylic acids is 1. The highest BCUT2D eigenvalue weighted by atomic mass is 16.6. The molecule has 25 heavy (non-hydrogen) atoms. The zero-order valence-corrected chi connectivity index (χ0v) is 13.6. The van der Waals surface area contributed by atoms with Gasteiger partial charge in [0.25, 0.3) is 5.69 Å². The highest BCUT2D eigenvalue weighted by molar-refractivity contribution is 6.04. The molecule has 3 aromatic rings. The van der Waals surface area contributed by atoms with E-state index in [0.29, 0.717) is 28.0 Å². The molecule has 0 saturated carbocycles. The van der Waals surface area contributed by atoms with Gasteiger partial charge in [-0.05, 0) is 42.8 Å². The first kappa shape index (κ1) is 16.5. The van der Waals surface area contributed by atoms with Gasteiger partial charge in [-0.2, -0.15) is 0 Å². The van der Waals surface area contributed by atoms with Crippen molar-refractivity contribution in [1.29, 1.82) is 0 Å². The molecule has 3 rings (SSSR count). The second-order valence-electron chi connectivity index (χ2n) is 5.40. The number of rotatable bonds is 5. The Balaban J connectivity index is 1.82. The minimum absolute atomic E-state index is 0.0294. The summed E-state index contributed by atoms with van der Waals surface area (Å²) in [6, 6.07) is 11.3. The number of esters is 1. The van der Waals surface area contributed by atoms with Crippen LogP contribution in [0.25, 0.3) is 11.0 Å². The summed E-state index contributed by atoms with van der Waals surface area (Å²) in [5.41, 5.74) is 1.77. The molecule has 0 amide bonds. The van der Waals surface area contributed by atoms with Crippen molar-refractivity contribution in [3.05, 3.63) is 69.5 Å². The molecule has 1 heterocycles. The Morgan fingerprint density at radius 2 is 1.92 bits per heavy atom. The van der Waals surface area contributed by atoms with Crippen LogP contribution in [0.4, 0.5) is 5.69 Å². The maximum Gasteiger partial charge on any atom is 0.342 e. The third-order valence-corrected chi connectivity index (χ3v) is 3.78. The van der Waals surface area contributed by atoms with Gasteiger partial charge < -0.3 is 13.9 Å². The second kappa shape index (κ2) is 6.64. The first-order valence-electron chi connectivity index (χ1n) is 7.47. The Labute approximate surface area is 142 Å². The summed E-state index contributed by atoms with van der Waals surface area (Å²) >= 11 is 0. The number of hydrogen-bond donors (Lipinski definition) is 0. The van der Waals surface area contributed by atoms with Gasteiger partial charge in [0.1, 0.15) is 29.3 Å². The van der Waals surface area contributed by atoms with E-state index in [2.05, 4.69) is 0 Å². The Morgan fingerprint density at radius 3 is 2.56 bits per heavy atom. The summed E-state index contributed by atoms with van der Waals surface area (Å²) in [5, 5.41) is 11.3. The fraction of sp³-hybridized carbons (Fsp3) is 0.167. The van der Waals surface area contributed by atoms with Gasteiger partial charge in [-0.25, -0.2) is 4.79 Å². The van der Waals surface area contributed by atoms with E-state index in [1.165, 1.54) is 19.2 Å². The van der Waals surface area contributed by atoms with E-state index >= 15 is 0 Å². The smallest absolute Gasteiger partial charge is 0.342 e. The molecule has 128 valence electrons. The van der Waals surface area contributed by atoms with E-state index in [1.807, 2.05) is 0 Å². The van der Waals surface area contributed by atoms with Crippen molar-refractivity contribution in [1.82, 2.24) is 0 Å². The summed E-state index contributed by atoms with van der Waals surface area (Å²) in [5.74, 6) is 0.565. The molecule has 0 aliphatic rings. The van der Waals surface area contributed by atoms with Gasteiger partial charge in [-0.1, -0.05) is 0 Å². The average Bonchev–Trinajstić information content (AvgIpc) is 2.94. The lowest BCUT2D eigenvalue weighted by molar-refractivity contribution is -0.384. The number of fused-ring (bicyclic) bond motifs is 1.